The molecule has 0 radical (unpaired) electrons. The Bertz CT molecular complexity index is 286. The second-order valence-corrected chi connectivity index (χ2v) is 4.63. The molecule has 2 rings (SSSR count). The number of benzene rings is 1. The van der Waals surface area contributed by atoms with Gasteiger partial charge in [0.2, 0.25) is 0 Å². The first-order chi connectivity index (χ1) is 7.77. The SMILES string of the molecule is Brc1ccc(N2CCNCC2)cc1.CNC.Cl. The van der Waals surface area contributed by atoms with E-state index in [1.165, 1.54) is 5.69 Å². The lowest BCUT2D eigenvalue weighted by atomic mass is 10.2. The minimum Gasteiger partial charge on any atom is -0.369 e. The number of nitrogens with zero attached hydrogens (tertiary/aromatic N) is 1. The van der Waals surface area contributed by atoms with Crippen molar-refractivity contribution in [2.45, 2.75) is 0 Å². The summed E-state index contributed by atoms with van der Waals surface area (Å²) in [4.78, 5) is 2.41. The van der Waals surface area contributed by atoms with Crippen LogP contribution in [0.2, 0.25) is 0 Å². The normalized spacial score (nSPS) is 14.4. The van der Waals surface area contributed by atoms with E-state index in [4.69, 9.17) is 0 Å². The number of hydrogen-bond donors (Lipinski definition) is 2. The molecule has 0 aromatic heterocycles. The summed E-state index contributed by atoms with van der Waals surface area (Å²) >= 11 is 3.44. The van der Waals surface area contributed by atoms with Crippen LogP contribution in [0.1, 0.15) is 0 Å². The third-order valence-electron chi connectivity index (χ3n) is 2.31. The van der Waals surface area contributed by atoms with Crippen molar-refractivity contribution in [3.63, 3.8) is 0 Å². The van der Waals surface area contributed by atoms with Gasteiger partial charge in [0.05, 0.1) is 0 Å². The fraction of sp³-hybridized carbons (Fsp3) is 0.500. The monoisotopic (exact) mass is 321 g/mol. The number of nitrogens with one attached hydrogen (secondary N) is 2. The first kappa shape index (κ1) is 16.7. The zero-order valence-corrected chi connectivity index (χ0v) is 12.8. The highest BCUT2D eigenvalue weighted by atomic mass is 79.9. The lowest BCUT2D eigenvalue weighted by Crippen LogP contribution is -2.43. The maximum absolute atomic E-state index is 3.44. The van der Waals surface area contributed by atoms with Crippen LogP contribution in [0, 0.1) is 0 Å². The summed E-state index contributed by atoms with van der Waals surface area (Å²) in [6.45, 7) is 4.41. The van der Waals surface area contributed by atoms with Gasteiger partial charge in [-0.1, -0.05) is 15.9 Å². The van der Waals surface area contributed by atoms with Gasteiger partial charge >= 0.3 is 0 Å². The smallest absolute Gasteiger partial charge is 0.0367 e. The topological polar surface area (TPSA) is 27.3 Å². The fourth-order valence-electron chi connectivity index (χ4n) is 1.57. The highest BCUT2D eigenvalue weighted by molar-refractivity contribution is 9.10. The molecule has 0 bridgehead atoms. The Hall–Kier alpha value is -0.290. The van der Waals surface area contributed by atoms with Gasteiger partial charge in [0.15, 0.2) is 0 Å². The van der Waals surface area contributed by atoms with Crippen molar-refractivity contribution < 1.29 is 0 Å². The Morgan fingerprint density at radius 1 is 1.12 bits per heavy atom. The van der Waals surface area contributed by atoms with Crippen molar-refractivity contribution in [2.24, 2.45) is 0 Å². The van der Waals surface area contributed by atoms with Crippen molar-refractivity contribution >= 4 is 34.0 Å². The Morgan fingerprint density at radius 2 is 1.59 bits per heavy atom. The lowest BCUT2D eigenvalue weighted by Gasteiger charge is -2.29. The molecule has 98 valence electrons. The van der Waals surface area contributed by atoms with Crippen LogP contribution in [0.25, 0.3) is 0 Å². The molecule has 5 heteroatoms. The fourth-order valence-corrected chi connectivity index (χ4v) is 1.84. The molecule has 1 aliphatic rings. The second-order valence-electron chi connectivity index (χ2n) is 3.71. The summed E-state index contributed by atoms with van der Waals surface area (Å²) in [5, 5.41) is 6.09. The van der Waals surface area contributed by atoms with Gasteiger partial charge < -0.3 is 15.5 Å². The molecule has 0 unspecified atom stereocenters. The minimum absolute atomic E-state index is 0. The van der Waals surface area contributed by atoms with E-state index in [2.05, 4.69) is 55.7 Å². The molecule has 1 heterocycles. The van der Waals surface area contributed by atoms with Crippen LogP contribution in [0.15, 0.2) is 28.7 Å². The highest BCUT2D eigenvalue weighted by Crippen LogP contribution is 2.18. The zero-order valence-electron chi connectivity index (χ0n) is 10.4. The molecule has 17 heavy (non-hydrogen) atoms. The lowest BCUT2D eigenvalue weighted by molar-refractivity contribution is 0.589. The summed E-state index contributed by atoms with van der Waals surface area (Å²) < 4.78 is 1.14. The van der Waals surface area contributed by atoms with E-state index in [1.54, 1.807) is 0 Å². The number of piperazine rings is 1. The average Bonchev–Trinajstić information content (AvgIpc) is 2.32. The summed E-state index contributed by atoms with van der Waals surface area (Å²) in [7, 11) is 3.75. The van der Waals surface area contributed by atoms with Crippen LogP contribution < -0.4 is 15.5 Å². The van der Waals surface area contributed by atoms with Crippen LogP contribution in [0.4, 0.5) is 5.69 Å². The predicted molar refractivity (Wildman–Crippen MR) is 81.5 cm³/mol. The summed E-state index contributed by atoms with van der Waals surface area (Å²) in [5.74, 6) is 0. The maximum Gasteiger partial charge on any atom is 0.0367 e. The van der Waals surface area contributed by atoms with Crippen LogP contribution in [-0.2, 0) is 0 Å². The summed E-state index contributed by atoms with van der Waals surface area (Å²) in [6.07, 6.45) is 0. The van der Waals surface area contributed by atoms with E-state index >= 15 is 0 Å². The van der Waals surface area contributed by atoms with E-state index in [9.17, 15) is 0 Å². The molecular weight excluding hydrogens is 302 g/mol. The van der Waals surface area contributed by atoms with Crippen molar-refractivity contribution in [1.29, 1.82) is 0 Å². The first-order valence-electron chi connectivity index (χ1n) is 5.57. The quantitative estimate of drug-likeness (QED) is 0.829. The van der Waals surface area contributed by atoms with Crippen LogP contribution in [-0.4, -0.2) is 40.3 Å². The molecule has 0 spiro atoms. The Morgan fingerprint density at radius 3 is 2.06 bits per heavy atom. The number of halogens is 2. The average molecular weight is 323 g/mol. The molecular formula is C12H21BrClN3. The van der Waals surface area contributed by atoms with Gasteiger partial charge in [-0.2, -0.15) is 0 Å². The van der Waals surface area contributed by atoms with Crippen molar-refractivity contribution in [1.82, 2.24) is 10.6 Å². The van der Waals surface area contributed by atoms with E-state index in [-0.39, 0.29) is 12.4 Å². The number of anilines is 1. The number of hydrogen-bond acceptors (Lipinski definition) is 3. The van der Waals surface area contributed by atoms with E-state index in [0.29, 0.717) is 0 Å². The summed E-state index contributed by atoms with van der Waals surface area (Å²) in [6, 6.07) is 8.51. The Balaban J connectivity index is 0.000000583. The van der Waals surface area contributed by atoms with Gasteiger partial charge in [0, 0.05) is 36.3 Å². The molecule has 0 aliphatic carbocycles. The van der Waals surface area contributed by atoms with Gasteiger partial charge in [0.25, 0.3) is 0 Å². The standard InChI is InChI=1S/C10H13BrN2.C2H7N.ClH/c11-9-1-3-10(4-2-9)13-7-5-12-6-8-13;1-3-2;/h1-4,12H,5-8H2;3H,1-2H3;1H. The van der Waals surface area contributed by atoms with E-state index < -0.39 is 0 Å². The Kier molecular flexibility index (Phi) is 9.55. The van der Waals surface area contributed by atoms with Crippen molar-refractivity contribution in [3.05, 3.63) is 28.7 Å². The molecule has 1 aliphatic heterocycles. The van der Waals surface area contributed by atoms with Gasteiger partial charge in [-0.05, 0) is 38.4 Å². The second kappa shape index (κ2) is 9.71. The van der Waals surface area contributed by atoms with E-state index in [0.717, 1.165) is 30.7 Å². The third kappa shape index (κ3) is 6.27. The first-order valence-corrected chi connectivity index (χ1v) is 6.37. The zero-order chi connectivity index (χ0) is 11.8. The molecule has 0 atom stereocenters. The molecule has 3 nitrogen and oxygen atoms in total. The minimum atomic E-state index is 0. The Labute approximate surface area is 119 Å². The van der Waals surface area contributed by atoms with Crippen LogP contribution >= 0.6 is 28.3 Å². The summed E-state index contributed by atoms with van der Waals surface area (Å²) in [5.41, 5.74) is 1.32. The molecule has 0 saturated carbocycles. The van der Waals surface area contributed by atoms with Gasteiger partial charge in [-0.25, -0.2) is 0 Å². The molecule has 1 fully saturated rings. The van der Waals surface area contributed by atoms with E-state index in [1.807, 2.05) is 14.1 Å². The molecule has 2 N–H and O–H groups in total. The molecule has 1 aromatic rings. The predicted octanol–water partition coefficient (Wildman–Crippen LogP) is 2.12. The van der Waals surface area contributed by atoms with Crippen molar-refractivity contribution in [2.75, 3.05) is 45.2 Å². The molecule has 1 aromatic carbocycles. The maximum atomic E-state index is 3.44. The highest BCUT2D eigenvalue weighted by Gasteiger charge is 2.09. The third-order valence-corrected chi connectivity index (χ3v) is 2.84. The van der Waals surface area contributed by atoms with Crippen molar-refractivity contribution in [3.8, 4) is 0 Å². The van der Waals surface area contributed by atoms with Gasteiger partial charge in [-0.15, -0.1) is 12.4 Å². The van der Waals surface area contributed by atoms with Crippen LogP contribution in [0.3, 0.4) is 0 Å². The largest absolute Gasteiger partial charge is 0.369 e. The molecule has 0 amide bonds. The van der Waals surface area contributed by atoms with Crippen LogP contribution in [0.5, 0.6) is 0 Å². The van der Waals surface area contributed by atoms with Gasteiger partial charge in [-0.3, -0.25) is 0 Å². The number of rotatable bonds is 1. The van der Waals surface area contributed by atoms with Gasteiger partial charge in [0.1, 0.15) is 0 Å². The molecule has 1 saturated heterocycles.